The van der Waals surface area contributed by atoms with Gasteiger partial charge in [0.2, 0.25) is 0 Å². The van der Waals surface area contributed by atoms with Crippen molar-refractivity contribution in [2.75, 3.05) is 14.2 Å². The first-order valence-electron chi connectivity index (χ1n) is 4.49. The van der Waals surface area contributed by atoms with Crippen LogP contribution in [0.3, 0.4) is 0 Å². The van der Waals surface area contributed by atoms with Gasteiger partial charge in [0.25, 0.3) is 0 Å². The summed E-state index contributed by atoms with van der Waals surface area (Å²) in [4.78, 5) is 0. The Morgan fingerprint density at radius 1 is 1.33 bits per heavy atom. The molecule has 0 saturated heterocycles. The molecule has 1 rings (SSSR count). The van der Waals surface area contributed by atoms with Gasteiger partial charge < -0.3 is 14.2 Å². The van der Waals surface area contributed by atoms with Crippen molar-refractivity contribution in [2.24, 2.45) is 0 Å². The summed E-state index contributed by atoms with van der Waals surface area (Å²) in [6.45, 7) is 1.89. The van der Waals surface area contributed by atoms with Crippen LogP contribution in [0, 0.1) is 6.92 Å². The molecule has 0 bridgehead atoms. The molecule has 0 aromatic heterocycles. The summed E-state index contributed by atoms with van der Waals surface area (Å²) in [5.74, 6) is -1.24. The van der Waals surface area contributed by atoms with Crippen LogP contribution >= 0.6 is 7.60 Å². The minimum atomic E-state index is -3.46. The van der Waals surface area contributed by atoms with Crippen molar-refractivity contribution >= 4 is 7.60 Å². The molecule has 1 aromatic carbocycles. The molecule has 1 aromatic rings. The van der Waals surface area contributed by atoms with Crippen LogP contribution in [0.15, 0.2) is 24.3 Å². The molecular weight excluding hydrogens is 215 g/mol. The topological polar surface area (TPSA) is 55.8 Å². The number of aryl methyl sites for hydroxylation is 1. The van der Waals surface area contributed by atoms with Gasteiger partial charge in [-0.1, -0.05) is 29.8 Å². The molecule has 5 heteroatoms. The minimum absolute atomic E-state index is 0.530. The first-order valence-corrected chi connectivity index (χ1v) is 6.10. The molecule has 0 aliphatic carbocycles. The second-order valence-corrected chi connectivity index (χ2v) is 5.49. The Labute approximate surface area is 89.4 Å². The van der Waals surface area contributed by atoms with E-state index in [4.69, 9.17) is 9.05 Å². The smallest absolute Gasteiger partial charge is 0.362 e. The summed E-state index contributed by atoms with van der Waals surface area (Å²) in [7, 11) is -0.952. The summed E-state index contributed by atoms with van der Waals surface area (Å²) in [6, 6.07) is 7.10. The van der Waals surface area contributed by atoms with E-state index in [0.717, 1.165) is 5.56 Å². The Hall–Kier alpha value is -0.670. The quantitative estimate of drug-likeness (QED) is 0.807. The number of benzene rings is 1. The van der Waals surface area contributed by atoms with Gasteiger partial charge in [0.1, 0.15) is 0 Å². The highest BCUT2D eigenvalue weighted by atomic mass is 31.2. The third kappa shape index (κ3) is 2.67. The molecule has 0 amide bonds. The van der Waals surface area contributed by atoms with Gasteiger partial charge in [-0.25, -0.2) is 0 Å². The van der Waals surface area contributed by atoms with Crippen molar-refractivity contribution < 1.29 is 18.7 Å². The van der Waals surface area contributed by atoms with E-state index in [1.807, 2.05) is 13.0 Å². The summed E-state index contributed by atoms with van der Waals surface area (Å²) in [5, 5.41) is 9.85. The zero-order valence-corrected chi connectivity index (χ0v) is 9.90. The van der Waals surface area contributed by atoms with E-state index >= 15 is 0 Å². The Morgan fingerprint density at radius 2 is 1.93 bits per heavy atom. The zero-order valence-electron chi connectivity index (χ0n) is 9.01. The number of hydrogen-bond donors (Lipinski definition) is 1. The van der Waals surface area contributed by atoms with Crippen molar-refractivity contribution in [1.82, 2.24) is 0 Å². The maximum Gasteiger partial charge on any atom is 0.362 e. The molecule has 0 saturated carbocycles. The van der Waals surface area contributed by atoms with Gasteiger partial charge in [0.05, 0.1) is 0 Å². The first-order chi connectivity index (χ1) is 7.03. The van der Waals surface area contributed by atoms with Gasteiger partial charge in [-0.2, -0.15) is 0 Å². The van der Waals surface area contributed by atoms with Gasteiger partial charge in [-0.3, -0.25) is 4.57 Å². The lowest BCUT2D eigenvalue weighted by Gasteiger charge is -2.20. The Kier molecular flexibility index (Phi) is 4.05. The molecule has 0 aliphatic rings. The number of hydrogen-bond acceptors (Lipinski definition) is 4. The Bertz CT molecular complexity index is 369. The summed E-state index contributed by atoms with van der Waals surface area (Å²) < 4.78 is 21.3. The maximum absolute atomic E-state index is 11.9. The number of aliphatic hydroxyl groups excluding tert-OH is 1. The van der Waals surface area contributed by atoms with Crippen LogP contribution in [0.5, 0.6) is 0 Å². The van der Waals surface area contributed by atoms with E-state index < -0.39 is 13.4 Å². The second-order valence-electron chi connectivity index (χ2n) is 3.19. The van der Waals surface area contributed by atoms with Crippen LogP contribution in [-0.2, 0) is 13.6 Å². The van der Waals surface area contributed by atoms with E-state index in [1.54, 1.807) is 18.2 Å². The Balaban J connectivity index is 3.03. The van der Waals surface area contributed by atoms with Gasteiger partial charge in [0.15, 0.2) is 5.85 Å². The summed E-state index contributed by atoms with van der Waals surface area (Å²) in [5.41, 5.74) is 1.51. The van der Waals surface area contributed by atoms with Gasteiger partial charge in [-0.15, -0.1) is 0 Å². The van der Waals surface area contributed by atoms with Crippen LogP contribution in [0.2, 0.25) is 0 Å². The van der Waals surface area contributed by atoms with Crippen LogP contribution in [0.1, 0.15) is 17.0 Å². The van der Waals surface area contributed by atoms with Gasteiger partial charge in [0, 0.05) is 14.2 Å². The minimum Gasteiger partial charge on any atom is -0.376 e. The molecule has 0 spiro atoms. The predicted octanol–water partition coefficient (Wildman–Crippen LogP) is 2.47. The predicted molar refractivity (Wildman–Crippen MR) is 57.8 cm³/mol. The third-order valence-corrected chi connectivity index (χ3v) is 4.06. The SMILES string of the molecule is COP(=O)(OC)[C@H](O)c1cccc(C)c1. The third-order valence-electron chi connectivity index (χ3n) is 2.15. The molecule has 0 radical (unpaired) electrons. The van der Waals surface area contributed by atoms with Crippen molar-refractivity contribution in [3.8, 4) is 0 Å². The van der Waals surface area contributed by atoms with Gasteiger partial charge in [-0.05, 0) is 12.5 Å². The highest BCUT2D eigenvalue weighted by molar-refractivity contribution is 7.53. The lowest BCUT2D eigenvalue weighted by Crippen LogP contribution is -2.02. The lowest BCUT2D eigenvalue weighted by atomic mass is 10.1. The second kappa shape index (κ2) is 4.90. The molecule has 1 N–H and O–H groups in total. The van der Waals surface area contributed by atoms with Crippen LogP contribution in [0.4, 0.5) is 0 Å². The molecule has 1 atom stereocenters. The van der Waals surface area contributed by atoms with Crippen molar-refractivity contribution in [2.45, 2.75) is 12.8 Å². The zero-order chi connectivity index (χ0) is 11.5. The average molecular weight is 230 g/mol. The van der Waals surface area contributed by atoms with E-state index in [1.165, 1.54) is 14.2 Å². The lowest BCUT2D eigenvalue weighted by molar-refractivity contribution is 0.176. The standard InChI is InChI=1S/C10H15O4P/c1-8-5-4-6-9(7-8)10(11)15(12,13-2)14-3/h4-7,10-11H,1-3H3/t10-/m0/s1. The summed E-state index contributed by atoms with van der Waals surface area (Å²) >= 11 is 0. The fourth-order valence-corrected chi connectivity index (χ4v) is 2.36. The highest BCUT2D eigenvalue weighted by Gasteiger charge is 2.33. The van der Waals surface area contributed by atoms with Crippen LogP contribution < -0.4 is 0 Å². The molecule has 4 nitrogen and oxygen atoms in total. The molecule has 0 unspecified atom stereocenters. The van der Waals surface area contributed by atoms with E-state index in [9.17, 15) is 9.67 Å². The number of aliphatic hydroxyl groups is 1. The molecular formula is C10H15O4P. The first kappa shape index (κ1) is 12.4. The van der Waals surface area contributed by atoms with Crippen LogP contribution in [-0.4, -0.2) is 19.3 Å². The molecule has 0 heterocycles. The largest absolute Gasteiger partial charge is 0.376 e. The normalized spacial score (nSPS) is 13.9. The van der Waals surface area contributed by atoms with Crippen molar-refractivity contribution in [3.05, 3.63) is 35.4 Å². The van der Waals surface area contributed by atoms with Crippen molar-refractivity contribution in [1.29, 1.82) is 0 Å². The number of rotatable bonds is 4. The van der Waals surface area contributed by atoms with E-state index in [-0.39, 0.29) is 0 Å². The Morgan fingerprint density at radius 3 is 2.40 bits per heavy atom. The van der Waals surface area contributed by atoms with E-state index in [0.29, 0.717) is 5.56 Å². The highest BCUT2D eigenvalue weighted by Crippen LogP contribution is 2.58. The van der Waals surface area contributed by atoms with Crippen LogP contribution in [0.25, 0.3) is 0 Å². The fraction of sp³-hybridized carbons (Fsp3) is 0.400. The van der Waals surface area contributed by atoms with E-state index in [2.05, 4.69) is 0 Å². The van der Waals surface area contributed by atoms with Crippen molar-refractivity contribution in [3.63, 3.8) is 0 Å². The molecule has 84 valence electrons. The summed E-state index contributed by atoms with van der Waals surface area (Å²) in [6.07, 6.45) is 0. The molecule has 0 fully saturated rings. The van der Waals surface area contributed by atoms with Gasteiger partial charge >= 0.3 is 7.60 Å². The monoisotopic (exact) mass is 230 g/mol. The fourth-order valence-electron chi connectivity index (χ4n) is 1.29. The molecule has 0 aliphatic heterocycles. The molecule has 15 heavy (non-hydrogen) atoms. The average Bonchev–Trinajstić information content (AvgIpc) is 2.27. The maximum atomic E-state index is 11.9.